The van der Waals surface area contributed by atoms with Gasteiger partial charge in [-0.05, 0) is 46.4 Å². The van der Waals surface area contributed by atoms with Gasteiger partial charge in [-0.3, -0.25) is 9.79 Å². The Morgan fingerprint density at radius 2 is 1.66 bits per heavy atom. The van der Waals surface area contributed by atoms with Crippen LogP contribution in [0.25, 0.3) is 10.8 Å². The topological polar surface area (TPSA) is 58.9 Å². The van der Waals surface area contributed by atoms with Crippen molar-refractivity contribution in [1.82, 2.24) is 0 Å². The van der Waals surface area contributed by atoms with Gasteiger partial charge in [0.2, 0.25) is 0 Å². The van der Waals surface area contributed by atoms with Gasteiger partial charge in [-0.2, -0.15) is 0 Å². The average Bonchev–Trinajstić information content (AvgIpc) is 2.89. The number of nitrogens with zero attached hydrogens (tertiary/aromatic N) is 1. The van der Waals surface area contributed by atoms with Crippen molar-refractivity contribution >= 4 is 28.0 Å². The van der Waals surface area contributed by atoms with Gasteiger partial charge in [0, 0.05) is 18.9 Å². The van der Waals surface area contributed by atoms with Crippen molar-refractivity contribution < 1.29 is 14.6 Å². The molecule has 0 aliphatic heterocycles. The molecule has 1 aliphatic carbocycles. The van der Waals surface area contributed by atoms with Crippen molar-refractivity contribution in [3.05, 3.63) is 120 Å². The number of ketones is 1. The third kappa shape index (κ3) is 4.87. The number of carbonyl (C=O) groups excluding carboxylic acids is 1. The van der Waals surface area contributed by atoms with Gasteiger partial charge in [-0.25, -0.2) is 0 Å². The minimum Gasteiger partial charge on any atom is -0.511 e. The normalized spacial score (nSPS) is 18.6. The van der Waals surface area contributed by atoms with E-state index >= 15 is 0 Å². The Bertz CT molecular complexity index is 1430. The van der Waals surface area contributed by atoms with Crippen molar-refractivity contribution in [2.75, 3.05) is 7.11 Å². The zero-order valence-electron chi connectivity index (χ0n) is 19.6. The first kappa shape index (κ1) is 22.6. The minimum absolute atomic E-state index is 0.0159. The fourth-order valence-corrected chi connectivity index (χ4v) is 4.84. The standard InChI is InChI=1S/C31H27NO3/c1-35-26-15-8-14-25(20-26)32-28-17-24(21-9-3-2-4-10-21)19-30(34)31(28)29(33)18-23-13-7-12-22-11-5-6-16-27(22)23/h2-16,20,24,33H,17-19H2,1H3/b31-29+,32-28?. The Hall–Kier alpha value is -4.18. The number of allylic oxidation sites excluding steroid dienone is 2. The molecular weight excluding hydrogens is 434 g/mol. The third-order valence-corrected chi connectivity index (χ3v) is 6.55. The second kappa shape index (κ2) is 9.98. The number of fused-ring (bicyclic) bond motifs is 1. The number of methoxy groups -OCH3 is 1. The second-order valence-electron chi connectivity index (χ2n) is 8.84. The first-order valence-electron chi connectivity index (χ1n) is 11.8. The molecule has 1 fully saturated rings. The van der Waals surface area contributed by atoms with E-state index in [0.29, 0.717) is 35.6 Å². The maximum Gasteiger partial charge on any atom is 0.168 e. The lowest BCUT2D eigenvalue weighted by atomic mass is 9.78. The summed E-state index contributed by atoms with van der Waals surface area (Å²) in [4.78, 5) is 18.3. The summed E-state index contributed by atoms with van der Waals surface area (Å²) in [5.41, 5.74) is 3.73. The summed E-state index contributed by atoms with van der Waals surface area (Å²) in [6, 6.07) is 31.6. The molecule has 4 heteroatoms. The number of aliphatic imine (C=N–C) groups is 1. The van der Waals surface area contributed by atoms with E-state index in [9.17, 15) is 9.90 Å². The molecule has 0 heterocycles. The van der Waals surface area contributed by atoms with Crippen LogP contribution < -0.4 is 4.74 Å². The number of carbonyl (C=O) groups is 1. The highest BCUT2D eigenvalue weighted by atomic mass is 16.5. The Labute approximate surface area is 205 Å². The molecule has 0 spiro atoms. The molecule has 1 N–H and O–H groups in total. The highest BCUT2D eigenvalue weighted by Gasteiger charge is 2.32. The van der Waals surface area contributed by atoms with Crippen molar-refractivity contribution in [2.45, 2.75) is 25.2 Å². The predicted molar refractivity (Wildman–Crippen MR) is 141 cm³/mol. The van der Waals surface area contributed by atoms with E-state index in [4.69, 9.17) is 9.73 Å². The number of aliphatic hydroxyl groups excluding tert-OH is 1. The van der Waals surface area contributed by atoms with Crippen LogP contribution in [0, 0.1) is 0 Å². The van der Waals surface area contributed by atoms with Crippen LogP contribution in [0.5, 0.6) is 5.75 Å². The molecule has 5 rings (SSSR count). The van der Waals surface area contributed by atoms with E-state index in [2.05, 4.69) is 12.1 Å². The van der Waals surface area contributed by atoms with Gasteiger partial charge in [0.15, 0.2) is 5.78 Å². The van der Waals surface area contributed by atoms with Crippen LogP contribution in [0.2, 0.25) is 0 Å². The van der Waals surface area contributed by atoms with E-state index in [1.54, 1.807) is 7.11 Å². The highest BCUT2D eigenvalue weighted by Crippen LogP contribution is 2.35. The summed E-state index contributed by atoms with van der Waals surface area (Å²) >= 11 is 0. The van der Waals surface area contributed by atoms with Gasteiger partial charge >= 0.3 is 0 Å². The number of ether oxygens (including phenoxy) is 1. The first-order chi connectivity index (χ1) is 17.1. The zero-order chi connectivity index (χ0) is 24.2. The van der Waals surface area contributed by atoms with Crippen molar-refractivity contribution in [3.8, 4) is 5.75 Å². The lowest BCUT2D eigenvalue weighted by molar-refractivity contribution is -0.115. The Morgan fingerprint density at radius 1 is 0.914 bits per heavy atom. The fraction of sp³-hybridized carbons (Fsp3) is 0.161. The molecule has 0 aromatic heterocycles. The van der Waals surface area contributed by atoms with Gasteiger partial charge in [-0.15, -0.1) is 0 Å². The first-order valence-corrected chi connectivity index (χ1v) is 11.8. The van der Waals surface area contributed by atoms with E-state index in [1.807, 2.05) is 84.9 Å². The molecule has 174 valence electrons. The molecule has 1 saturated carbocycles. The molecule has 0 amide bonds. The van der Waals surface area contributed by atoms with Crippen LogP contribution in [0.4, 0.5) is 5.69 Å². The van der Waals surface area contributed by atoms with Crippen LogP contribution in [0.15, 0.2) is 113 Å². The Morgan fingerprint density at radius 3 is 2.49 bits per heavy atom. The van der Waals surface area contributed by atoms with Crippen LogP contribution in [0.3, 0.4) is 0 Å². The summed E-state index contributed by atoms with van der Waals surface area (Å²) in [6.45, 7) is 0. The summed E-state index contributed by atoms with van der Waals surface area (Å²) in [6.07, 6.45) is 1.19. The predicted octanol–water partition coefficient (Wildman–Crippen LogP) is 7.12. The average molecular weight is 462 g/mol. The van der Waals surface area contributed by atoms with Gasteiger partial charge in [0.05, 0.1) is 24.1 Å². The summed E-state index contributed by atoms with van der Waals surface area (Å²) < 4.78 is 5.35. The molecule has 0 bridgehead atoms. The fourth-order valence-electron chi connectivity index (χ4n) is 4.84. The molecule has 1 unspecified atom stereocenters. The third-order valence-electron chi connectivity index (χ3n) is 6.55. The Kier molecular flexibility index (Phi) is 6.44. The van der Waals surface area contributed by atoms with Crippen LogP contribution in [-0.4, -0.2) is 23.7 Å². The summed E-state index contributed by atoms with van der Waals surface area (Å²) in [5, 5.41) is 13.5. The summed E-state index contributed by atoms with van der Waals surface area (Å²) in [7, 11) is 1.61. The molecule has 0 saturated heterocycles. The number of rotatable bonds is 5. The lowest BCUT2D eigenvalue weighted by Gasteiger charge is -2.26. The number of hydrogen-bond donors (Lipinski definition) is 1. The van der Waals surface area contributed by atoms with Gasteiger partial charge in [0.1, 0.15) is 11.5 Å². The second-order valence-corrected chi connectivity index (χ2v) is 8.84. The number of aliphatic hydroxyl groups is 1. The highest BCUT2D eigenvalue weighted by molar-refractivity contribution is 6.25. The maximum atomic E-state index is 13.5. The Balaban J connectivity index is 1.58. The van der Waals surface area contributed by atoms with Gasteiger partial charge in [-0.1, -0.05) is 78.9 Å². The SMILES string of the molecule is COc1cccc(N=C2CC(c3ccccc3)CC(=O)/C2=C(/O)Cc2cccc3ccccc23)c1. The van der Waals surface area contributed by atoms with Crippen LogP contribution in [0.1, 0.15) is 29.9 Å². The summed E-state index contributed by atoms with van der Waals surface area (Å²) in [5.74, 6) is 0.699. The maximum absolute atomic E-state index is 13.5. The van der Waals surface area contributed by atoms with Gasteiger partial charge < -0.3 is 9.84 Å². The largest absolute Gasteiger partial charge is 0.511 e. The van der Waals surface area contributed by atoms with Crippen molar-refractivity contribution in [2.24, 2.45) is 4.99 Å². The van der Waals surface area contributed by atoms with Crippen molar-refractivity contribution in [1.29, 1.82) is 0 Å². The zero-order valence-corrected chi connectivity index (χ0v) is 19.6. The molecule has 4 aromatic rings. The van der Waals surface area contributed by atoms with Crippen LogP contribution in [-0.2, 0) is 11.2 Å². The smallest absolute Gasteiger partial charge is 0.168 e. The van der Waals surface area contributed by atoms with E-state index in [-0.39, 0.29) is 23.9 Å². The lowest BCUT2D eigenvalue weighted by Crippen LogP contribution is -2.27. The van der Waals surface area contributed by atoms with E-state index in [0.717, 1.165) is 21.9 Å². The molecular formula is C31H27NO3. The quantitative estimate of drug-likeness (QED) is 0.254. The molecule has 0 radical (unpaired) electrons. The number of Topliss-reactive ketones (excluding diaryl/α,β-unsaturated/α-hetero) is 1. The number of benzene rings is 4. The molecule has 1 aliphatic rings. The monoisotopic (exact) mass is 461 g/mol. The molecule has 4 aromatic carbocycles. The minimum atomic E-state index is -0.0792. The van der Waals surface area contributed by atoms with Gasteiger partial charge in [0.25, 0.3) is 0 Å². The van der Waals surface area contributed by atoms with E-state index < -0.39 is 0 Å². The van der Waals surface area contributed by atoms with Crippen LogP contribution >= 0.6 is 0 Å². The number of hydrogen-bond acceptors (Lipinski definition) is 4. The molecule has 35 heavy (non-hydrogen) atoms. The van der Waals surface area contributed by atoms with E-state index in [1.165, 1.54) is 0 Å². The molecule has 1 atom stereocenters. The van der Waals surface area contributed by atoms with Crippen molar-refractivity contribution in [3.63, 3.8) is 0 Å². The molecule has 4 nitrogen and oxygen atoms in total.